The molecule has 0 aliphatic heterocycles. The standard InChI is InChI=1S/C26H40N4O7/c1-5-22(32)27-13-9-12-21(31)18-26(30-25(35)8-4,19-36-16-10-14-28-23(33)6-2)20-37-17-11-15-29-24(34)7-3/h5-8H,1-4,9-20H2,(H,27,32)(H,28,33)(H,29,34)(H,30,35). The van der Waals surface area contributed by atoms with E-state index in [1.165, 1.54) is 12.2 Å². The third kappa shape index (κ3) is 17.5. The average Bonchev–Trinajstić information content (AvgIpc) is 2.89. The van der Waals surface area contributed by atoms with E-state index < -0.39 is 11.4 Å². The van der Waals surface area contributed by atoms with Crippen molar-refractivity contribution in [3.8, 4) is 0 Å². The first-order valence-corrected chi connectivity index (χ1v) is 12.0. The van der Waals surface area contributed by atoms with Gasteiger partial charge in [0.2, 0.25) is 23.6 Å². The quantitative estimate of drug-likeness (QED) is 0.113. The maximum Gasteiger partial charge on any atom is 0.243 e. The van der Waals surface area contributed by atoms with Crippen LogP contribution in [0.15, 0.2) is 50.6 Å². The molecule has 0 saturated heterocycles. The number of rotatable bonds is 23. The molecule has 0 heterocycles. The molecule has 37 heavy (non-hydrogen) atoms. The van der Waals surface area contributed by atoms with Crippen molar-refractivity contribution in [1.82, 2.24) is 21.3 Å². The van der Waals surface area contributed by atoms with Crippen LogP contribution in [0.25, 0.3) is 0 Å². The highest BCUT2D eigenvalue weighted by Crippen LogP contribution is 2.16. The number of hydrogen-bond donors (Lipinski definition) is 4. The lowest BCUT2D eigenvalue weighted by molar-refractivity contribution is -0.126. The van der Waals surface area contributed by atoms with Gasteiger partial charge in [0.1, 0.15) is 5.78 Å². The summed E-state index contributed by atoms with van der Waals surface area (Å²) in [6.07, 6.45) is 6.12. The van der Waals surface area contributed by atoms with Crippen molar-refractivity contribution in [2.75, 3.05) is 46.1 Å². The van der Waals surface area contributed by atoms with Gasteiger partial charge in [-0.15, -0.1) is 0 Å². The second kappa shape index (κ2) is 20.6. The van der Waals surface area contributed by atoms with Crippen LogP contribution in [0.1, 0.15) is 32.1 Å². The van der Waals surface area contributed by atoms with E-state index in [0.29, 0.717) is 38.9 Å². The molecule has 0 spiro atoms. The Bertz CT molecular complexity index is 779. The van der Waals surface area contributed by atoms with Gasteiger partial charge in [0.15, 0.2) is 0 Å². The molecular weight excluding hydrogens is 480 g/mol. The lowest BCUT2D eigenvalue weighted by Gasteiger charge is -2.34. The maximum absolute atomic E-state index is 12.8. The van der Waals surface area contributed by atoms with E-state index in [4.69, 9.17) is 9.47 Å². The molecule has 0 unspecified atom stereocenters. The summed E-state index contributed by atoms with van der Waals surface area (Å²) in [5, 5.41) is 10.7. The molecule has 0 bridgehead atoms. The Kier molecular flexibility index (Phi) is 18.6. The van der Waals surface area contributed by atoms with Gasteiger partial charge in [0.05, 0.1) is 18.8 Å². The van der Waals surface area contributed by atoms with E-state index >= 15 is 0 Å². The minimum atomic E-state index is -1.17. The topological polar surface area (TPSA) is 152 Å². The summed E-state index contributed by atoms with van der Waals surface area (Å²) in [6, 6.07) is 0. The van der Waals surface area contributed by atoms with E-state index in [0.717, 1.165) is 12.2 Å². The molecule has 0 aromatic rings. The van der Waals surface area contributed by atoms with Crippen molar-refractivity contribution in [3.63, 3.8) is 0 Å². The van der Waals surface area contributed by atoms with Crippen LogP contribution in [0.2, 0.25) is 0 Å². The largest absolute Gasteiger partial charge is 0.379 e. The van der Waals surface area contributed by atoms with Crippen LogP contribution >= 0.6 is 0 Å². The molecule has 0 atom stereocenters. The summed E-state index contributed by atoms with van der Waals surface area (Å²) in [5.74, 6) is -1.55. The van der Waals surface area contributed by atoms with Crippen molar-refractivity contribution >= 4 is 29.4 Å². The maximum atomic E-state index is 12.8. The van der Waals surface area contributed by atoms with E-state index in [1.54, 1.807) is 0 Å². The lowest BCUT2D eigenvalue weighted by Crippen LogP contribution is -2.56. The van der Waals surface area contributed by atoms with E-state index in [-0.39, 0.29) is 62.8 Å². The molecule has 0 aromatic carbocycles. The van der Waals surface area contributed by atoms with Crippen LogP contribution in [0.5, 0.6) is 0 Å². The van der Waals surface area contributed by atoms with Crippen molar-refractivity contribution in [2.45, 2.75) is 37.6 Å². The molecule has 11 heteroatoms. The monoisotopic (exact) mass is 520 g/mol. The third-order valence-electron chi connectivity index (χ3n) is 4.88. The molecule has 11 nitrogen and oxygen atoms in total. The molecule has 0 radical (unpaired) electrons. The number of carbonyl (C=O) groups excluding carboxylic acids is 5. The van der Waals surface area contributed by atoms with Crippen molar-refractivity contribution in [3.05, 3.63) is 50.6 Å². The smallest absolute Gasteiger partial charge is 0.243 e. The SMILES string of the molecule is C=CC(=O)NCCCOCC(COCCCNC(=O)C=C)(CC(=O)CCCNC(=O)C=C)NC(=O)C=C. The van der Waals surface area contributed by atoms with Crippen LogP contribution in [0, 0.1) is 0 Å². The molecule has 0 saturated carbocycles. The number of nitrogens with one attached hydrogen (secondary N) is 4. The fourth-order valence-electron chi connectivity index (χ4n) is 3.06. The highest BCUT2D eigenvalue weighted by molar-refractivity contribution is 5.89. The Morgan fingerprint density at radius 3 is 1.43 bits per heavy atom. The fraction of sp³-hybridized carbons (Fsp3) is 0.500. The number of Topliss-reactive ketones (excluding diaryl/α,β-unsaturated/α-hetero) is 1. The highest BCUT2D eigenvalue weighted by atomic mass is 16.5. The number of ether oxygens (including phenoxy) is 2. The zero-order chi connectivity index (χ0) is 27.9. The Labute approximate surface area is 218 Å². The van der Waals surface area contributed by atoms with Crippen LogP contribution in [0.4, 0.5) is 0 Å². The van der Waals surface area contributed by atoms with Gasteiger partial charge in [-0.25, -0.2) is 0 Å². The molecule has 4 N–H and O–H groups in total. The first kappa shape index (κ1) is 33.4. The predicted molar refractivity (Wildman–Crippen MR) is 140 cm³/mol. The second-order valence-electron chi connectivity index (χ2n) is 8.09. The summed E-state index contributed by atoms with van der Waals surface area (Å²) in [4.78, 5) is 58.8. The molecular formula is C26H40N4O7. The van der Waals surface area contributed by atoms with Crippen LogP contribution in [0.3, 0.4) is 0 Å². The first-order chi connectivity index (χ1) is 17.7. The Morgan fingerprint density at radius 1 is 0.622 bits per heavy atom. The van der Waals surface area contributed by atoms with Crippen LogP contribution < -0.4 is 21.3 Å². The van der Waals surface area contributed by atoms with Gasteiger partial charge in [-0.2, -0.15) is 0 Å². The van der Waals surface area contributed by atoms with Crippen molar-refractivity contribution in [1.29, 1.82) is 0 Å². The molecule has 206 valence electrons. The molecule has 4 amide bonds. The first-order valence-electron chi connectivity index (χ1n) is 12.0. The van der Waals surface area contributed by atoms with Crippen LogP contribution in [-0.4, -0.2) is 81.0 Å². The lowest BCUT2D eigenvalue weighted by atomic mass is 9.92. The summed E-state index contributed by atoms with van der Waals surface area (Å²) in [6.45, 7) is 15.2. The van der Waals surface area contributed by atoms with E-state index in [9.17, 15) is 24.0 Å². The number of ketones is 1. The minimum absolute atomic E-state index is 0.0197. The minimum Gasteiger partial charge on any atom is -0.379 e. The van der Waals surface area contributed by atoms with Gasteiger partial charge in [-0.3, -0.25) is 24.0 Å². The van der Waals surface area contributed by atoms with E-state index in [2.05, 4.69) is 47.6 Å². The average molecular weight is 521 g/mol. The fourth-order valence-corrected chi connectivity index (χ4v) is 3.06. The summed E-state index contributed by atoms with van der Waals surface area (Å²) in [7, 11) is 0. The van der Waals surface area contributed by atoms with Gasteiger partial charge >= 0.3 is 0 Å². The van der Waals surface area contributed by atoms with Gasteiger partial charge in [0, 0.05) is 45.7 Å². The third-order valence-corrected chi connectivity index (χ3v) is 4.88. The van der Waals surface area contributed by atoms with Gasteiger partial charge < -0.3 is 30.7 Å². The number of carbonyl (C=O) groups is 5. The molecule has 0 aliphatic rings. The number of hydrogen-bond acceptors (Lipinski definition) is 7. The van der Waals surface area contributed by atoms with Gasteiger partial charge in [-0.05, 0) is 43.6 Å². The van der Waals surface area contributed by atoms with Crippen molar-refractivity contribution in [2.24, 2.45) is 0 Å². The normalized spacial score (nSPS) is 10.5. The summed E-state index contributed by atoms with van der Waals surface area (Å²) < 4.78 is 11.5. The summed E-state index contributed by atoms with van der Waals surface area (Å²) in [5.41, 5.74) is -1.17. The van der Waals surface area contributed by atoms with E-state index in [1.807, 2.05) is 0 Å². The zero-order valence-corrected chi connectivity index (χ0v) is 21.5. The highest BCUT2D eigenvalue weighted by Gasteiger charge is 2.35. The Balaban J connectivity index is 5.14. The van der Waals surface area contributed by atoms with Crippen LogP contribution in [-0.2, 0) is 33.4 Å². The Morgan fingerprint density at radius 2 is 1.03 bits per heavy atom. The van der Waals surface area contributed by atoms with Crippen molar-refractivity contribution < 1.29 is 33.4 Å². The van der Waals surface area contributed by atoms with Gasteiger partial charge in [0.25, 0.3) is 0 Å². The number of amides is 4. The Hall–Kier alpha value is -3.57. The van der Waals surface area contributed by atoms with Gasteiger partial charge in [-0.1, -0.05) is 26.3 Å². The molecule has 0 rings (SSSR count). The predicted octanol–water partition coefficient (Wildman–Crippen LogP) is 0.487. The summed E-state index contributed by atoms with van der Waals surface area (Å²) >= 11 is 0. The second-order valence-corrected chi connectivity index (χ2v) is 8.09. The molecule has 0 fully saturated rings. The molecule has 0 aromatic heterocycles. The zero-order valence-electron chi connectivity index (χ0n) is 21.5. The molecule has 0 aliphatic carbocycles.